The van der Waals surface area contributed by atoms with Gasteiger partial charge in [-0.1, -0.05) is 146 Å². The first-order valence-electron chi connectivity index (χ1n) is 20.4. The summed E-state index contributed by atoms with van der Waals surface area (Å²) in [5.74, 6) is 1.84. The minimum absolute atomic E-state index is 0.595. The second-order valence-electron chi connectivity index (χ2n) is 15.5. The first-order chi connectivity index (χ1) is 30.2. The van der Waals surface area contributed by atoms with Crippen molar-refractivity contribution in [1.82, 2.24) is 19.5 Å². The van der Waals surface area contributed by atoms with E-state index in [-0.39, 0.29) is 0 Å². The first-order valence-corrected chi connectivity index (χ1v) is 21.2. The Bertz CT molecular complexity index is 3840. The van der Waals surface area contributed by atoms with Crippen molar-refractivity contribution in [3.63, 3.8) is 0 Å². The molecule has 4 aromatic heterocycles. The van der Waals surface area contributed by atoms with Gasteiger partial charge in [0, 0.05) is 53.7 Å². The minimum Gasteiger partial charge on any atom is -0.456 e. The van der Waals surface area contributed by atoms with Crippen molar-refractivity contribution in [2.75, 3.05) is 0 Å². The monoisotopic (exact) mass is 796 g/mol. The van der Waals surface area contributed by atoms with Gasteiger partial charge in [-0.25, -0.2) is 15.0 Å². The summed E-state index contributed by atoms with van der Waals surface area (Å²) in [5.41, 5.74) is 10.2. The van der Waals surface area contributed by atoms with Crippen LogP contribution in [0.1, 0.15) is 0 Å². The second kappa shape index (κ2) is 13.3. The Morgan fingerprint density at radius 3 is 1.89 bits per heavy atom. The van der Waals surface area contributed by atoms with Crippen LogP contribution in [0.4, 0.5) is 0 Å². The van der Waals surface area contributed by atoms with Crippen LogP contribution in [-0.4, -0.2) is 19.5 Å². The van der Waals surface area contributed by atoms with Gasteiger partial charge in [-0.05, 0) is 70.4 Å². The van der Waals surface area contributed by atoms with Crippen LogP contribution in [0, 0.1) is 0 Å². The third kappa shape index (κ3) is 5.29. The molecular weight excluding hydrogens is 765 g/mol. The van der Waals surface area contributed by atoms with Crippen LogP contribution in [0.3, 0.4) is 0 Å². The lowest BCUT2D eigenvalue weighted by Crippen LogP contribution is -2.00. The number of furan rings is 1. The molecule has 0 aliphatic rings. The molecule has 13 aromatic rings. The molecule has 0 radical (unpaired) electrons. The maximum absolute atomic E-state index is 6.60. The Kier molecular flexibility index (Phi) is 7.41. The SMILES string of the molecule is c1ccc(-c2nc(-c3ccc4ccccc4c3)nc(-c3cccc4oc5ccc(-c6ccc(-n7c8ccccc8c8ccccc87)c7sc8ccccc8c67)cc5c34)n2)cc1. The third-order valence-corrected chi connectivity index (χ3v) is 13.2. The van der Waals surface area contributed by atoms with Crippen molar-refractivity contribution in [2.45, 2.75) is 0 Å². The number of nitrogens with zero attached hydrogens (tertiary/aromatic N) is 4. The van der Waals surface area contributed by atoms with Gasteiger partial charge in [0.15, 0.2) is 17.5 Å². The maximum Gasteiger partial charge on any atom is 0.164 e. The van der Waals surface area contributed by atoms with E-state index < -0.39 is 0 Å². The predicted molar refractivity (Wildman–Crippen MR) is 254 cm³/mol. The molecule has 0 aliphatic heterocycles. The van der Waals surface area contributed by atoms with E-state index in [1.54, 1.807) is 0 Å². The molecule has 0 bridgehead atoms. The van der Waals surface area contributed by atoms with Crippen LogP contribution >= 0.6 is 11.3 Å². The molecule has 0 saturated carbocycles. The van der Waals surface area contributed by atoms with E-state index in [2.05, 4.69) is 156 Å². The highest BCUT2D eigenvalue weighted by molar-refractivity contribution is 7.26. The molecule has 0 spiro atoms. The number of para-hydroxylation sites is 2. The summed E-state index contributed by atoms with van der Waals surface area (Å²) in [4.78, 5) is 15.4. The fourth-order valence-corrected chi connectivity index (χ4v) is 10.5. The molecule has 0 unspecified atom stereocenters. The normalized spacial score (nSPS) is 11.9. The van der Waals surface area contributed by atoms with Crippen LogP contribution < -0.4 is 0 Å². The van der Waals surface area contributed by atoms with Gasteiger partial charge in [0.2, 0.25) is 0 Å². The van der Waals surface area contributed by atoms with Crippen molar-refractivity contribution >= 4 is 86.0 Å². The zero-order valence-electron chi connectivity index (χ0n) is 32.6. The van der Waals surface area contributed by atoms with E-state index in [1.165, 1.54) is 58.6 Å². The number of hydrogen-bond acceptors (Lipinski definition) is 5. The van der Waals surface area contributed by atoms with Crippen LogP contribution in [0.15, 0.2) is 199 Å². The summed E-state index contributed by atoms with van der Waals surface area (Å²) in [6, 6.07) is 68.5. The molecule has 0 saturated heterocycles. The van der Waals surface area contributed by atoms with Gasteiger partial charge in [-0.3, -0.25) is 0 Å². The molecule has 9 aromatic carbocycles. The average Bonchev–Trinajstić information content (AvgIpc) is 4.01. The minimum atomic E-state index is 0.595. The Hall–Kier alpha value is -7.93. The number of rotatable bonds is 5. The Morgan fingerprint density at radius 2 is 1.07 bits per heavy atom. The topological polar surface area (TPSA) is 56.7 Å². The van der Waals surface area contributed by atoms with Gasteiger partial charge in [-0.2, -0.15) is 0 Å². The van der Waals surface area contributed by atoms with Crippen LogP contribution in [-0.2, 0) is 0 Å². The second-order valence-corrected chi connectivity index (χ2v) is 16.6. The Labute approximate surface area is 353 Å². The summed E-state index contributed by atoms with van der Waals surface area (Å²) in [5, 5.41) is 9.29. The van der Waals surface area contributed by atoms with Crippen LogP contribution in [0.2, 0.25) is 0 Å². The smallest absolute Gasteiger partial charge is 0.164 e. The van der Waals surface area contributed by atoms with Crippen LogP contribution in [0.5, 0.6) is 0 Å². The molecule has 0 atom stereocenters. The van der Waals surface area contributed by atoms with Gasteiger partial charge in [0.1, 0.15) is 11.2 Å². The van der Waals surface area contributed by atoms with Gasteiger partial charge in [0.25, 0.3) is 0 Å². The van der Waals surface area contributed by atoms with Crippen molar-refractivity contribution in [3.05, 3.63) is 194 Å². The lowest BCUT2D eigenvalue weighted by Gasteiger charge is -2.13. The quantitative estimate of drug-likeness (QED) is 0.174. The number of aromatic nitrogens is 4. The summed E-state index contributed by atoms with van der Waals surface area (Å²) < 4.78 is 11.6. The summed E-state index contributed by atoms with van der Waals surface area (Å²) >= 11 is 1.86. The lowest BCUT2D eigenvalue weighted by atomic mass is 9.96. The summed E-state index contributed by atoms with van der Waals surface area (Å²) in [6.45, 7) is 0. The highest BCUT2D eigenvalue weighted by atomic mass is 32.1. The molecule has 284 valence electrons. The zero-order valence-corrected chi connectivity index (χ0v) is 33.4. The highest BCUT2D eigenvalue weighted by Gasteiger charge is 2.22. The first kappa shape index (κ1) is 34.0. The molecule has 5 nitrogen and oxygen atoms in total. The van der Waals surface area contributed by atoms with Crippen molar-refractivity contribution in [3.8, 4) is 51.0 Å². The number of benzene rings is 9. The molecule has 4 heterocycles. The van der Waals surface area contributed by atoms with E-state index in [1.807, 2.05) is 53.8 Å². The van der Waals surface area contributed by atoms with Crippen molar-refractivity contribution in [1.29, 1.82) is 0 Å². The molecule has 61 heavy (non-hydrogen) atoms. The number of fused-ring (bicyclic) bond motifs is 10. The van der Waals surface area contributed by atoms with Crippen molar-refractivity contribution < 1.29 is 4.42 Å². The van der Waals surface area contributed by atoms with Gasteiger partial charge < -0.3 is 8.98 Å². The number of hydrogen-bond donors (Lipinski definition) is 0. The predicted octanol–water partition coefficient (Wildman–Crippen LogP) is 15.1. The van der Waals surface area contributed by atoms with Gasteiger partial charge in [0.05, 0.1) is 21.4 Å². The lowest BCUT2D eigenvalue weighted by molar-refractivity contribution is 0.669. The van der Waals surface area contributed by atoms with Crippen LogP contribution in [0.25, 0.3) is 126 Å². The molecular formula is C55H32N4OS. The van der Waals surface area contributed by atoms with E-state index in [0.29, 0.717) is 17.5 Å². The molecule has 13 rings (SSSR count). The largest absolute Gasteiger partial charge is 0.456 e. The van der Waals surface area contributed by atoms with Gasteiger partial charge >= 0.3 is 0 Å². The Balaban J connectivity index is 1.03. The highest BCUT2D eigenvalue weighted by Crippen LogP contribution is 2.46. The third-order valence-electron chi connectivity index (χ3n) is 12.0. The maximum atomic E-state index is 6.60. The summed E-state index contributed by atoms with van der Waals surface area (Å²) in [6.07, 6.45) is 0. The standard InChI is InChI=1S/C55H32N4OS/c1-2-14-34(15-3-1)53-56-54(37-26-25-33-13-4-5-16-35(33)31-37)58-55(57-53)42-20-12-23-48-50(42)43-32-36(27-30-47(43)60-48)38-28-29-46(52-51(38)41-19-8-11-24-49(41)61-52)59-44-21-9-6-17-39(44)40-18-7-10-22-45(40)59/h1-32H. The molecule has 0 N–H and O–H groups in total. The van der Waals surface area contributed by atoms with Crippen molar-refractivity contribution in [2.24, 2.45) is 0 Å². The fraction of sp³-hybridized carbons (Fsp3) is 0. The fourth-order valence-electron chi connectivity index (χ4n) is 9.26. The molecule has 0 fully saturated rings. The van der Waals surface area contributed by atoms with E-state index in [9.17, 15) is 0 Å². The van der Waals surface area contributed by atoms with E-state index in [4.69, 9.17) is 19.4 Å². The van der Waals surface area contributed by atoms with Gasteiger partial charge in [-0.15, -0.1) is 11.3 Å². The molecule has 6 heteroatoms. The average molecular weight is 797 g/mol. The van der Waals surface area contributed by atoms with E-state index >= 15 is 0 Å². The molecule has 0 amide bonds. The Morgan fingerprint density at radius 1 is 0.393 bits per heavy atom. The van der Waals surface area contributed by atoms with E-state index in [0.717, 1.165) is 49.6 Å². The zero-order chi connectivity index (χ0) is 40.0. The summed E-state index contributed by atoms with van der Waals surface area (Å²) in [7, 11) is 0. The number of thiophene rings is 1. The molecule has 0 aliphatic carbocycles.